The monoisotopic (exact) mass is 338 g/mol. The molecule has 2 amide bonds. The number of urea groups is 1. The second-order valence-corrected chi connectivity index (χ2v) is 6.80. The van der Waals surface area contributed by atoms with Crippen molar-refractivity contribution in [2.24, 2.45) is 0 Å². The first-order valence-electron chi connectivity index (χ1n) is 7.15. The minimum Gasteiger partial charge on any atom is -0.396 e. The normalized spacial score (nSPS) is 11.3. The Morgan fingerprint density at radius 1 is 1.30 bits per heavy atom. The van der Waals surface area contributed by atoms with E-state index in [1.807, 2.05) is 13.8 Å². The lowest BCUT2D eigenvalue weighted by molar-refractivity contribution is 0.218. The van der Waals surface area contributed by atoms with Crippen LogP contribution in [0, 0.1) is 5.82 Å². The number of aromatic nitrogens is 2. The van der Waals surface area contributed by atoms with Gasteiger partial charge in [0.1, 0.15) is 10.8 Å². The van der Waals surface area contributed by atoms with Crippen molar-refractivity contribution in [2.45, 2.75) is 32.2 Å². The first kappa shape index (κ1) is 17.3. The van der Waals surface area contributed by atoms with Gasteiger partial charge in [-0.1, -0.05) is 23.5 Å². The van der Waals surface area contributed by atoms with Gasteiger partial charge in [-0.3, -0.25) is 5.32 Å². The molecule has 8 heteroatoms. The summed E-state index contributed by atoms with van der Waals surface area (Å²) in [4.78, 5) is 11.9. The van der Waals surface area contributed by atoms with Crippen molar-refractivity contribution in [3.05, 3.63) is 40.7 Å². The Morgan fingerprint density at radius 2 is 2.00 bits per heavy atom. The number of nitrogens with one attached hydrogen (secondary N) is 2. The molecular formula is C15H19FN4O2S. The third-order valence-corrected chi connectivity index (χ3v) is 3.98. The van der Waals surface area contributed by atoms with E-state index in [4.69, 9.17) is 5.11 Å². The molecule has 124 valence electrons. The number of nitrogens with zero attached hydrogens (tertiary/aromatic N) is 2. The number of carbonyl (C=O) groups is 1. The molecule has 0 radical (unpaired) electrons. The first-order valence-corrected chi connectivity index (χ1v) is 7.96. The molecule has 2 rings (SSSR count). The highest BCUT2D eigenvalue weighted by Gasteiger charge is 2.20. The lowest BCUT2D eigenvalue weighted by atomic mass is 10.0. The molecule has 0 bridgehead atoms. The maximum Gasteiger partial charge on any atom is 0.321 e. The van der Waals surface area contributed by atoms with E-state index in [1.54, 1.807) is 12.1 Å². The van der Waals surface area contributed by atoms with Crippen LogP contribution in [0.4, 0.5) is 14.3 Å². The standard InChI is InChI=1S/C15H19FN4O2S/c1-15(2,7-8-21)18-13(22)17-14-20-19-12(23-14)9-10-3-5-11(16)6-4-10/h3-6,21H,7-9H2,1-2H3,(H2,17,18,20,22). The topological polar surface area (TPSA) is 87.1 Å². The Morgan fingerprint density at radius 3 is 2.65 bits per heavy atom. The fourth-order valence-electron chi connectivity index (χ4n) is 1.93. The summed E-state index contributed by atoms with van der Waals surface area (Å²) < 4.78 is 12.9. The maximum absolute atomic E-state index is 12.9. The zero-order valence-electron chi connectivity index (χ0n) is 13.0. The van der Waals surface area contributed by atoms with Gasteiger partial charge in [0.15, 0.2) is 0 Å². The molecule has 0 atom stereocenters. The molecule has 0 aliphatic rings. The van der Waals surface area contributed by atoms with Crippen LogP contribution in [0.15, 0.2) is 24.3 Å². The number of aliphatic hydroxyl groups excluding tert-OH is 1. The Balaban J connectivity index is 1.91. The molecule has 1 aromatic heterocycles. The number of anilines is 1. The van der Waals surface area contributed by atoms with Gasteiger partial charge < -0.3 is 10.4 Å². The highest BCUT2D eigenvalue weighted by molar-refractivity contribution is 7.15. The highest BCUT2D eigenvalue weighted by Crippen LogP contribution is 2.19. The van der Waals surface area contributed by atoms with E-state index in [2.05, 4.69) is 20.8 Å². The van der Waals surface area contributed by atoms with Crippen LogP contribution >= 0.6 is 11.3 Å². The Kier molecular flexibility index (Phi) is 5.62. The van der Waals surface area contributed by atoms with E-state index < -0.39 is 11.6 Å². The minimum atomic E-state index is -0.513. The smallest absolute Gasteiger partial charge is 0.321 e. The minimum absolute atomic E-state index is 0.00605. The molecule has 3 N–H and O–H groups in total. The average molecular weight is 338 g/mol. The van der Waals surface area contributed by atoms with Crippen LogP contribution < -0.4 is 10.6 Å². The van der Waals surface area contributed by atoms with Crippen molar-refractivity contribution in [2.75, 3.05) is 11.9 Å². The van der Waals surface area contributed by atoms with Gasteiger partial charge in [-0.25, -0.2) is 9.18 Å². The summed E-state index contributed by atoms with van der Waals surface area (Å²) in [6, 6.07) is 5.77. The van der Waals surface area contributed by atoms with Crippen molar-refractivity contribution < 1.29 is 14.3 Å². The third-order valence-electron chi connectivity index (χ3n) is 3.14. The molecule has 0 saturated heterocycles. The maximum atomic E-state index is 12.9. The fraction of sp³-hybridized carbons (Fsp3) is 0.400. The summed E-state index contributed by atoms with van der Waals surface area (Å²) in [5.41, 5.74) is 0.406. The molecule has 1 heterocycles. The number of halogens is 1. The summed E-state index contributed by atoms with van der Waals surface area (Å²) >= 11 is 1.26. The number of carbonyl (C=O) groups excluding carboxylic acids is 1. The molecule has 23 heavy (non-hydrogen) atoms. The number of aliphatic hydroxyl groups is 1. The van der Waals surface area contributed by atoms with Gasteiger partial charge >= 0.3 is 6.03 Å². The van der Waals surface area contributed by atoms with Crippen LogP contribution in [0.1, 0.15) is 30.8 Å². The van der Waals surface area contributed by atoms with E-state index in [-0.39, 0.29) is 12.4 Å². The zero-order chi connectivity index (χ0) is 16.9. The lowest BCUT2D eigenvalue weighted by Crippen LogP contribution is -2.46. The van der Waals surface area contributed by atoms with Crippen LogP contribution in [-0.2, 0) is 6.42 Å². The van der Waals surface area contributed by atoms with Crippen LogP contribution in [0.5, 0.6) is 0 Å². The van der Waals surface area contributed by atoms with E-state index in [0.29, 0.717) is 18.0 Å². The Hall–Kier alpha value is -2.06. The molecule has 0 spiro atoms. The average Bonchev–Trinajstić information content (AvgIpc) is 2.87. The SMILES string of the molecule is CC(C)(CCO)NC(=O)Nc1nnc(Cc2ccc(F)cc2)s1. The van der Waals surface area contributed by atoms with Gasteiger partial charge in [0.25, 0.3) is 0 Å². The lowest BCUT2D eigenvalue weighted by Gasteiger charge is -2.24. The number of amides is 2. The number of benzene rings is 1. The van der Waals surface area contributed by atoms with Crippen LogP contribution in [0.2, 0.25) is 0 Å². The van der Waals surface area contributed by atoms with Crippen LogP contribution in [0.3, 0.4) is 0 Å². The second kappa shape index (κ2) is 7.47. The van der Waals surface area contributed by atoms with Gasteiger partial charge in [-0.15, -0.1) is 10.2 Å². The van der Waals surface area contributed by atoms with Crippen molar-refractivity contribution >= 4 is 22.5 Å². The van der Waals surface area contributed by atoms with E-state index in [0.717, 1.165) is 10.6 Å². The number of hydrogen-bond donors (Lipinski definition) is 3. The second-order valence-electron chi connectivity index (χ2n) is 5.74. The van der Waals surface area contributed by atoms with Crippen molar-refractivity contribution in [3.8, 4) is 0 Å². The van der Waals surface area contributed by atoms with Crippen molar-refractivity contribution in [1.29, 1.82) is 0 Å². The molecule has 2 aromatic rings. The highest BCUT2D eigenvalue weighted by atomic mass is 32.1. The summed E-state index contributed by atoms with van der Waals surface area (Å²) in [5.74, 6) is -0.282. The number of rotatable bonds is 6. The molecular weight excluding hydrogens is 319 g/mol. The molecule has 6 nitrogen and oxygen atoms in total. The van der Waals surface area contributed by atoms with E-state index in [9.17, 15) is 9.18 Å². The van der Waals surface area contributed by atoms with Gasteiger partial charge in [-0.05, 0) is 38.0 Å². The Bertz CT molecular complexity index is 658. The Labute approximate surface area is 137 Å². The predicted octanol–water partition coefficient (Wildman–Crippen LogP) is 2.55. The van der Waals surface area contributed by atoms with Gasteiger partial charge in [0.05, 0.1) is 0 Å². The largest absolute Gasteiger partial charge is 0.396 e. The van der Waals surface area contributed by atoms with Gasteiger partial charge in [-0.2, -0.15) is 0 Å². The first-order chi connectivity index (χ1) is 10.9. The summed E-state index contributed by atoms with van der Waals surface area (Å²) in [7, 11) is 0. The van der Waals surface area contributed by atoms with Gasteiger partial charge in [0, 0.05) is 18.6 Å². The molecule has 0 unspecified atom stereocenters. The zero-order valence-corrected chi connectivity index (χ0v) is 13.8. The summed E-state index contributed by atoms with van der Waals surface area (Å²) in [6.07, 6.45) is 0.976. The van der Waals surface area contributed by atoms with E-state index >= 15 is 0 Å². The van der Waals surface area contributed by atoms with Crippen LogP contribution in [0.25, 0.3) is 0 Å². The molecule has 1 aromatic carbocycles. The van der Waals surface area contributed by atoms with Gasteiger partial charge in [0.2, 0.25) is 5.13 Å². The predicted molar refractivity (Wildman–Crippen MR) is 87.1 cm³/mol. The quantitative estimate of drug-likeness (QED) is 0.755. The summed E-state index contributed by atoms with van der Waals surface area (Å²) in [5, 5.41) is 23.4. The number of hydrogen-bond acceptors (Lipinski definition) is 5. The molecule has 0 aliphatic carbocycles. The molecule has 0 aliphatic heterocycles. The third kappa shape index (κ3) is 5.57. The van der Waals surface area contributed by atoms with Crippen molar-refractivity contribution in [3.63, 3.8) is 0 Å². The molecule has 0 saturated carbocycles. The van der Waals surface area contributed by atoms with Crippen molar-refractivity contribution in [1.82, 2.24) is 15.5 Å². The summed E-state index contributed by atoms with van der Waals surface area (Å²) in [6.45, 7) is 3.64. The fourth-order valence-corrected chi connectivity index (χ4v) is 2.70. The van der Waals surface area contributed by atoms with E-state index in [1.165, 1.54) is 23.5 Å². The van der Waals surface area contributed by atoms with Crippen LogP contribution in [-0.4, -0.2) is 33.5 Å². The molecule has 0 fully saturated rings.